The number of aromatic nitrogens is 2. The molecule has 2 aromatic heterocycles. The van der Waals surface area contributed by atoms with Gasteiger partial charge in [0.15, 0.2) is 0 Å². The number of pyridine rings is 2. The predicted molar refractivity (Wildman–Crippen MR) is 184 cm³/mol. The van der Waals surface area contributed by atoms with E-state index in [1.807, 2.05) is 54.6 Å². The number of hydrogen-bond acceptors (Lipinski definition) is 8. The average molecular weight is 619 g/mol. The minimum atomic E-state index is -0.253. The predicted octanol–water partition coefficient (Wildman–Crippen LogP) is 5.65. The van der Waals surface area contributed by atoms with Crippen LogP contribution < -0.4 is 25.9 Å². The second kappa shape index (κ2) is 10.0. The lowest BCUT2D eigenvalue weighted by molar-refractivity contribution is 0.279. The third kappa shape index (κ3) is 4.76. The van der Waals surface area contributed by atoms with Crippen molar-refractivity contribution in [3.8, 4) is 45.5 Å². The zero-order chi connectivity index (χ0) is 31.9. The fourth-order valence-electron chi connectivity index (χ4n) is 6.60. The van der Waals surface area contributed by atoms with Crippen molar-refractivity contribution >= 4 is 34.9 Å². The van der Waals surface area contributed by atoms with E-state index in [0.29, 0.717) is 25.0 Å². The van der Waals surface area contributed by atoms with Crippen LogP contribution in [0.2, 0.25) is 0 Å². The molecular formula is C38H31BN4O4. The van der Waals surface area contributed by atoms with Crippen molar-refractivity contribution in [2.45, 2.75) is 38.8 Å². The van der Waals surface area contributed by atoms with Crippen molar-refractivity contribution < 1.29 is 18.9 Å². The van der Waals surface area contributed by atoms with Gasteiger partial charge in [-0.15, -0.1) is 0 Å². The quantitative estimate of drug-likeness (QED) is 0.237. The second-order valence-corrected chi connectivity index (χ2v) is 13.7. The Kier molecular flexibility index (Phi) is 5.94. The molecule has 230 valence electrons. The van der Waals surface area contributed by atoms with E-state index in [-0.39, 0.29) is 17.8 Å². The molecule has 0 N–H and O–H groups in total. The summed E-state index contributed by atoms with van der Waals surface area (Å²) in [5, 5.41) is 0. The molecule has 0 fully saturated rings. The van der Waals surface area contributed by atoms with Crippen LogP contribution in [-0.2, 0) is 9.47 Å². The number of rotatable bonds is 4. The van der Waals surface area contributed by atoms with E-state index in [2.05, 4.69) is 64.1 Å². The van der Waals surface area contributed by atoms with Crippen LogP contribution in [0.1, 0.15) is 39.1 Å². The van der Waals surface area contributed by atoms with Crippen LogP contribution in [0, 0.1) is 0 Å². The number of benzene rings is 3. The number of hydrogen-bond donors (Lipinski definition) is 0. The lowest BCUT2D eigenvalue weighted by Gasteiger charge is -2.33. The van der Waals surface area contributed by atoms with Gasteiger partial charge in [0, 0.05) is 16.6 Å². The van der Waals surface area contributed by atoms with Crippen LogP contribution in [0.4, 0.5) is 0 Å². The Morgan fingerprint density at radius 1 is 0.532 bits per heavy atom. The monoisotopic (exact) mass is 618 g/mol. The molecule has 0 amide bonds. The van der Waals surface area contributed by atoms with Crippen molar-refractivity contribution in [1.29, 1.82) is 0 Å². The number of fused-ring (bicyclic) bond motifs is 4. The highest BCUT2D eigenvalue weighted by Crippen LogP contribution is 2.37. The minimum Gasteiger partial charge on any atom is -0.474 e. The summed E-state index contributed by atoms with van der Waals surface area (Å²) in [5.41, 5.74) is 7.69. The van der Waals surface area contributed by atoms with Crippen LogP contribution in [-0.4, -0.2) is 52.8 Å². The van der Waals surface area contributed by atoms with Gasteiger partial charge in [-0.1, -0.05) is 42.5 Å². The number of ether oxygens (including phenoxy) is 4. The normalized spacial score (nSPS) is 17.6. The molecule has 0 saturated carbocycles. The van der Waals surface area contributed by atoms with Gasteiger partial charge >= 0.3 is 0 Å². The fourth-order valence-corrected chi connectivity index (χ4v) is 6.60. The molecule has 5 aromatic rings. The molecule has 0 bridgehead atoms. The molecule has 3 aromatic carbocycles. The highest BCUT2D eigenvalue weighted by atomic mass is 16.5. The van der Waals surface area contributed by atoms with E-state index in [1.54, 1.807) is 0 Å². The largest absolute Gasteiger partial charge is 0.474 e. The molecule has 9 heteroatoms. The maximum atomic E-state index is 6.54. The summed E-state index contributed by atoms with van der Waals surface area (Å²) in [6, 6.07) is 30.5. The van der Waals surface area contributed by atoms with Crippen molar-refractivity contribution in [2.24, 2.45) is 9.98 Å². The molecule has 47 heavy (non-hydrogen) atoms. The van der Waals surface area contributed by atoms with Crippen LogP contribution >= 0.6 is 0 Å². The first-order valence-electron chi connectivity index (χ1n) is 15.9. The van der Waals surface area contributed by atoms with Gasteiger partial charge in [-0.05, 0) is 87.2 Å². The van der Waals surface area contributed by atoms with Crippen molar-refractivity contribution in [3.05, 3.63) is 102 Å². The Morgan fingerprint density at radius 2 is 0.979 bits per heavy atom. The van der Waals surface area contributed by atoms with Crippen LogP contribution in [0.25, 0.3) is 22.5 Å². The van der Waals surface area contributed by atoms with Gasteiger partial charge in [-0.3, -0.25) is 0 Å². The summed E-state index contributed by atoms with van der Waals surface area (Å²) in [5.74, 6) is 4.34. The van der Waals surface area contributed by atoms with Gasteiger partial charge in [-0.25, -0.2) is 20.0 Å². The van der Waals surface area contributed by atoms with Gasteiger partial charge in [0.1, 0.15) is 47.6 Å². The number of nitrogens with zero attached hydrogens (tertiary/aromatic N) is 4. The summed E-state index contributed by atoms with van der Waals surface area (Å²) >= 11 is 0. The molecule has 0 atom stereocenters. The zero-order valence-corrected chi connectivity index (χ0v) is 26.6. The minimum absolute atomic E-state index is 0.0534. The summed E-state index contributed by atoms with van der Waals surface area (Å²) in [6.07, 6.45) is 0. The molecule has 9 rings (SSSR count). The SMILES string of the molecule is CC1(C)COC(c2cccc(-c3ccc4c(c3)Oc3cccc5c3B4c3ccc(-c4cccc(C6=NC(C)(C)CO6)n4)cc3O5)n2)=N1. The van der Waals surface area contributed by atoms with Gasteiger partial charge in [0.25, 0.3) is 6.71 Å². The standard InChI is InChI=1S/C38H31BN4O4/c1-37(2)20-44-35(42-37)28-10-5-8-26(40-28)22-14-16-24-32(18-22)46-30-12-7-13-31-34(30)39(24)25-17-15-23(19-33(25)47-31)27-9-6-11-29(41-27)36-43-38(3,4)21-45-36/h5-19H,20-21H2,1-4H3. The first-order valence-corrected chi connectivity index (χ1v) is 15.9. The first kappa shape index (κ1) is 27.8. The van der Waals surface area contributed by atoms with E-state index >= 15 is 0 Å². The first-order chi connectivity index (χ1) is 22.7. The Balaban J connectivity index is 1.09. The Hall–Kier alpha value is -5.44. The lowest BCUT2D eigenvalue weighted by atomic mass is 9.35. The zero-order valence-electron chi connectivity index (χ0n) is 26.6. The second-order valence-electron chi connectivity index (χ2n) is 13.7. The molecule has 8 nitrogen and oxygen atoms in total. The summed E-state index contributed by atoms with van der Waals surface area (Å²) in [7, 11) is 0. The Bertz CT molecular complexity index is 2040. The third-order valence-corrected chi connectivity index (χ3v) is 8.86. The van der Waals surface area contributed by atoms with Crippen LogP contribution in [0.15, 0.2) is 101 Å². The molecule has 0 aliphatic carbocycles. The van der Waals surface area contributed by atoms with E-state index in [1.165, 1.54) is 0 Å². The van der Waals surface area contributed by atoms with Crippen LogP contribution in [0.3, 0.4) is 0 Å². The van der Waals surface area contributed by atoms with Crippen LogP contribution in [0.5, 0.6) is 23.0 Å². The van der Waals surface area contributed by atoms with E-state index in [9.17, 15) is 0 Å². The maximum Gasteiger partial charge on any atom is 0.260 e. The summed E-state index contributed by atoms with van der Waals surface area (Å²) in [6.45, 7) is 9.26. The average Bonchev–Trinajstić information content (AvgIpc) is 3.64. The van der Waals surface area contributed by atoms with E-state index < -0.39 is 0 Å². The van der Waals surface area contributed by atoms with Gasteiger partial charge in [0.2, 0.25) is 11.8 Å². The molecule has 0 saturated heterocycles. The maximum absolute atomic E-state index is 6.54. The molecule has 0 unspecified atom stereocenters. The van der Waals surface area contributed by atoms with Gasteiger partial charge in [0.05, 0.1) is 22.5 Å². The third-order valence-electron chi connectivity index (χ3n) is 8.86. The van der Waals surface area contributed by atoms with Crippen molar-refractivity contribution in [3.63, 3.8) is 0 Å². The lowest BCUT2D eigenvalue weighted by Crippen LogP contribution is -2.57. The molecule has 4 aliphatic rings. The smallest absolute Gasteiger partial charge is 0.260 e. The van der Waals surface area contributed by atoms with E-state index in [4.69, 9.17) is 38.9 Å². The highest BCUT2D eigenvalue weighted by Gasteiger charge is 2.40. The molecular weight excluding hydrogens is 587 g/mol. The number of aliphatic imine (C=N–C) groups is 2. The fraction of sp³-hybridized carbons (Fsp3) is 0.211. The Labute approximate surface area is 273 Å². The molecule has 0 spiro atoms. The highest BCUT2D eigenvalue weighted by molar-refractivity contribution is 6.98. The molecule has 6 heterocycles. The molecule has 0 radical (unpaired) electrons. The Morgan fingerprint density at radius 3 is 1.43 bits per heavy atom. The van der Waals surface area contributed by atoms with Gasteiger partial charge < -0.3 is 18.9 Å². The van der Waals surface area contributed by atoms with Gasteiger partial charge in [-0.2, -0.15) is 0 Å². The topological polar surface area (TPSA) is 87.4 Å². The molecule has 4 aliphatic heterocycles. The van der Waals surface area contributed by atoms with Crippen molar-refractivity contribution in [2.75, 3.05) is 13.2 Å². The van der Waals surface area contributed by atoms with Crippen molar-refractivity contribution in [1.82, 2.24) is 9.97 Å². The summed E-state index contributed by atoms with van der Waals surface area (Å²) < 4.78 is 24.8. The van der Waals surface area contributed by atoms with E-state index in [0.717, 1.165) is 73.3 Å². The summed E-state index contributed by atoms with van der Waals surface area (Å²) in [4.78, 5) is 19.2.